The molecule has 0 aliphatic carbocycles. The van der Waals surface area contributed by atoms with Crippen molar-refractivity contribution in [3.05, 3.63) is 87.9 Å². The number of benzene rings is 3. The van der Waals surface area contributed by atoms with E-state index >= 15 is 0 Å². The maximum atomic E-state index is 13.1. The van der Waals surface area contributed by atoms with E-state index in [1.165, 1.54) is 18.2 Å². The van der Waals surface area contributed by atoms with E-state index < -0.39 is 23.8 Å². The molecule has 1 aliphatic heterocycles. The zero-order valence-corrected chi connectivity index (χ0v) is 21.5. The van der Waals surface area contributed by atoms with Crippen molar-refractivity contribution in [3.8, 4) is 11.5 Å². The molecule has 5 amide bonds. The van der Waals surface area contributed by atoms with Gasteiger partial charge in [0.05, 0.1) is 12.3 Å². The number of nitrogens with one attached hydrogen (secondary N) is 2. The average molecular weight is 554 g/mol. The number of hydrogen-bond acceptors (Lipinski definition) is 6. The van der Waals surface area contributed by atoms with Crippen LogP contribution < -0.4 is 25.0 Å². The van der Waals surface area contributed by atoms with Crippen molar-refractivity contribution in [1.82, 2.24) is 5.32 Å². The number of carbonyl (C=O) groups excluding carboxylic acids is 4. The van der Waals surface area contributed by atoms with Crippen molar-refractivity contribution in [3.63, 3.8) is 0 Å². The number of rotatable bonds is 8. The molecule has 0 spiro atoms. The summed E-state index contributed by atoms with van der Waals surface area (Å²) < 4.78 is 11.3. The van der Waals surface area contributed by atoms with Gasteiger partial charge in [-0.25, -0.2) is 9.69 Å². The van der Waals surface area contributed by atoms with E-state index in [-0.39, 0.29) is 23.6 Å². The van der Waals surface area contributed by atoms with Crippen LogP contribution in [0.3, 0.4) is 0 Å². The monoisotopic (exact) mass is 553 g/mol. The van der Waals surface area contributed by atoms with Crippen LogP contribution in [0.4, 0.5) is 16.2 Å². The minimum Gasteiger partial charge on any atom is -0.490 e. The molecule has 0 aromatic heterocycles. The third-order valence-corrected chi connectivity index (χ3v) is 5.72. The number of anilines is 2. The van der Waals surface area contributed by atoms with Crippen LogP contribution in [-0.2, 0) is 14.4 Å². The Balaban J connectivity index is 1.53. The quantitative estimate of drug-likeness (QED) is 0.297. The lowest BCUT2D eigenvalue weighted by atomic mass is 10.1. The largest absolute Gasteiger partial charge is 0.490 e. The number of nitrogens with zero attached hydrogens (tertiary/aromatic N) is 1. The van der Waals surface area contributed by atoms with E-state index in [2.05, 4.69) is 10.6 Å². The van der Waals surface area contributed by atoms with Crippen molar-refractivity contribution in [2.75, 3.05) is 23.4 Å². The molecule has 1 aliphatic rings. The van der Waals surface area contributed by atoms with Gasteiger partial charge in [0.2, 0.25) is 0 Å². The second kappa shape index (κ2) is 11.8. The molecule has 0 saturated carbocycles. The first kappa shape index (κ1) is 26.7. The van der Waals surface area contributed by atoms with Crippen molar-refractivity contribution < 1.29 is 28.7 Å². The summed E-state index contributed by atoms with van der Waals surface area (Å²) in [5.41, 5.74) is 0.957. The predicted molar refractivity (Wildman–Crippen MR) is 144 cm³/mol. The molecule has 1 heterocycles. The molecular formula is C27H21Cl2N3O6. The number of carbonyl (C=O) groups is 4. The van der Waals surface area contributed by atoms with Gasteiger partial charge in [0.25, 0.3) is 17.7 Å². The molecule has 194 valence electrons. The normalized spacial score (nSPS) is 14.3. The molecule has 3 aromatic rings. The molecular weight excluding hydrogens is 533 g/mol. The second-order valence-electron chi connectivity index (χ2n) is 7.92. The number of barbiturate groups is 1. The zero-order valence-electron chi connectivity index (χ0n) is 20.0. The molecule has 4 rings (SSSR count). The topological polar surface area (TPSA) is 114 Å². The van der Waals surface area contributed by atoms with Crippen LogP contribution in [-0.4, -0.2) is 37.0 Å². The Kier molecular flexibility index (Phi) is 8.30. The molecule has 3 aromatic carbocycles. The number of amides is 5. The average Bonchev–Trinajstić information content (AvgIpc) is 2.87. The van der Waals surface area contributed by atoms with Crippen molar-refractivity contribution >= 4 is 64.4 Å². The molecule has 0 atom stereocenters. The third-order valence-electron chi connectivity index (χ3n) is 5.23. The van der Waals surface area contributed by atoms with E-state index in [4.69, 9.17) is 32.7 Å². The van der Waals surface area contributed by atoms with Gasteiger partial charge in [-0.3, -0.25) is 19.7 Å². The van der Waals surface area contributed by atoms with E-state index in [1.807, 2.05) is 0 Å². The Morgan fingerprint density at radius 3 is 2.42 bits per heavy atom. The summed E-state index contributed by atoms with van der Waals surface area (Å²) in [5, 5.41) is 5.73. The fourth-order valence-electron chi connectivity index (χ4n) is 3.55. The highest BCUT2D eigenvalue weighted by atomic mass is 35.5. The van der Waals surface area contributed by atoms with Crippen molar-refractivity contribution in [2.24, 2.45) is 0 Å². The first-order valence-electron chi connectivity index (χ1n) is 11.4. The van der Waals surface area contributed by atoms with Gasteiger partial charge < -0.3 is 14.8 Å². The molecule has 1 saturated heterocycles. The lowest BCUT2D eigenvalue weighted by Crippen LogP contribution is -2.54. The number of halogens is 2. The Labute approximate surface area is 227 Å². The molecule has 0 bridgehead atoms. The van der Waals surface area contributed by atoms with Crippen LogP contribution in [0.1, 0.15) is 12.5 Å². The van der Waals surface area contributed by atoms with Crippen LogP contribution in [0.5, 0.6) is 11.5 Å². The standard InChI is InChI=1S/C27H21Cl2N3O6/c1-2-37-23-13-16(6-11-22(23)38-15-24(33)30-19-9-7-17(28)8-10-19)12-21-25(34)31-27(36)32(26(21)35)20-5-3-4-18(29)14-20/h3-14H,2,15H2,1H3,(H,30,33)(H,31,34,36)/b21-12+. The highest BCUT2D eigenvalue weighted by molar-refractivity contribution is 6.39. The van der Waals surface area contributed by atoms with Crippen LogP contribution in [0.2, 0.25) is 10.0 Å². The summed E-state index contributed by atoms with van der Waals surface area (Å²) in [6, 6.07) is 16.6. The first-order chi connectivity index (χ1) is 18.2. The Bertz CT molecular complexity index is 1440. The van der Waals surface area contributed by atoms with Gasteiger partial charge in [0.15, 0.2) is 18.1 Å². The van der Waals surface area contributed by atoms with E-state index in [1.54, 1.807) is 61.5 Å². The molecule has 2 N–H and O–H groups in total. The molecule has 0 radical (unpaired) electrons. The molecule has 9 nitrogen and oxygen atoms in total. The van der Waals surface area contributed by atoms with Gasteiger partial charge in [0, 0.05) is 15.7 Å². The minimum atomic E-state index is -0.880. The first-order valence-corrected chi connectivity index (χ1v) is 12.1. The fraction of sp³-hybridized carbons (Fsp3) is 0.111. The van der Waals surface area contributed by atoms with E-state index in [0.29, 0.717) is 33.7 Å². The summed E-state index contributed by atoms with van der Waals surface area (Å²) in [4.78, 5) is 51.1. The lowest BCUT2D eigenvalue weighted by molar-refractivity contribution is -0.122. The Morgan fingerprint density at radius 1 is 0.947 bits per heavy atom. The Morgan fingerprint density at radius 2 is 1.71 bits per heavy atom. The maximum absolute atomic E-state index is 13.1. The van der Waals surface area contributed by atoms with Gasteiger partial charge in [-0.1, -0.05) is 35.3 Å². The zero-order chi connectivity index (χ0) is 27.2. The van der Waals surface area contributed by atoms with Crippen LogP contribution >= 0.6 is 23.2 Å². The smallest absolute Gasteiger partial charge is 0.335 e. The van der Waals surface area contributed by atoms with Crippen LogP contribution in [0.15, 0.2) is 72.3 Å². The van der Waals surface area contributed by atoms with E-state index in [9.17, 15) is 19.2 Å². The fourth-order valence-corrected chi connectivity index (χ4v) is 3.86. The van der Waals surface area contributed by atoms with Crippen LogP contribution in [0, 0.1) is 0 Å². The third kappa shape index (κ3) is 6.31. The van der Waals surface area contributed by atoms with E-state index in [0.717, 1.165) is 4.90 Å². The van der Waals surface area contributed by atoms with Gasteiger partial charge in [-0.15, -0.1) is 0 Å². The summed E-state index contributed by atoms with van der Waals surface area (Å²) in [7, 11) is 0. The highest BCUT2D eigenvalue weighted by Crippen LogP contribution is 2.31. The Hall–Kier alpha value is -4.34. The number of urea groups is 1. The summed E-state index contributed by atoms with van der Waals surface area (Å²) in [5.74, 6) is -1.45. The molecule has 1 fully saturated rings. The highest BCUT2D eigenvalue weighted by Gasteiger charge is 2.36. The predicted octanol–water partition coefficient (Wildman–Crippen LogP) is 5.08. The van der Waals surface area contributed by atoms with Crippen molar-refractivity contribution in [1.29, 1.82) is 0 Å². The summed E-state index contributed by atoms with van der Waals surface area (Å²) >= 11 is 11.9. The summed E-state index contributed by atoms with van der Waals surface area (Å²) in [6.07, 6.45) is 1.33. The number of ether oxygens (including phenoxy) is 2. The molecule has 38 heavy (non-hydrogen) atoms. The SMILES string of the molecule is CCOc1cc(/C=C2\C(=O)NC(=O)N(c3cccc(Cl)c3)C2=O)ccc1OCC(=O)Nc1ccc(Cl)cc1. The molecule has 11 heteroatoms. The van der Waals surface area contributed by atoms with Gasteiger partial charge >= 0.3 is 6.03 Å². The van der Waals surface area contributed by atoms with Crippen LogP contribution in [0.25, 0.3) is 6.08 Å². The number of hydrogen-bond donors (Lipinski definition) is 2. The maximum Gasteiger partial charge on any atom is 0.335 e. The molecule has 0 unspecified atom stereocenters. The van der Waals surface area contributed by atoms with Gasteiger partial charge in [0.1, 0.15) is 5.57 Å². The minimum absolute atomic E-state index is 0.217. The van der Waals surface area contributed by atoms with Gasteiger partial charge in [-0.2, -0.15) is 0 Å². The second-order valence-corrected chi connectivity index (χ2v) is 8.79. The lowest BCUT2D eigenvalue weighted by Gasteiger charge is -2.26. The van der Waals surface area contributed by atoms with Gasteiger partial charge in [-0.05, 0) is 73.2 Å². The summed E-state index contributed by atoms with van der Waals surface area (Å²) in [6.45, 7) is 1.78. The number of imide groups is 2. The van der Waals surface area contributed by atoms with Crippen molar-refractivity contribution in [2.45, 2.75) is 6.92 Å².